The molecule has 1 spiro atoms. The zero-order chi connectivity index (χ0) is 71.7. The Morgan fingerprint density at radius 1 is 0.433 bits per heavy atom. The number of fused-ring (bicyclic) bond motifs is 16. The van der Waals surface area contributed by atoms with E-state index in [1.165, 1.54) is 0 Å². The molecule has 0 unspecified atom stereocenters. The lowest BCUT2D eigenvalue weighted by atomic mass is 9.70. The third-order valence-corrected chi connectivity index (χ3v) is 11.1. The van der Waals surface area contributed by atoms with Gasteiger partial charge in [0, 0.05) is 46.8 Å². The molecule has 0 aliphatic heterocycles. The maximum Gasteiger partial charge on any atom is 0.143 e. The zero-order valence-electron chi connectivity index (χ0n) is 67.0. The van der Waals surface area contributed by atoms with Crippen LogP contribution in [0.15, 0.2) is 204 Å². The van der Waals surface area contributed by atoms with Crippen molar-refractivity contribution in [3.63, 3.8) is 0 Å². The van der Waals surface area contributed by atoms with Gasteiger partial charge in [-0.3, -0.25) is 0 Å². The van der Waals surface area contributed by atoms with Crippen molar-refractivity contribution in [2.45, 2.75) is 24.5 Å². The number of nitrogens with zero attached hydrogens (tertiary/aromatic N) is 1. The van der Waals surface area contributed by atoms with Crippen molar-refractivity contribution in [2.24, 2.45) is 0 Å². The molecule has 1 aromatic heterocycles. The fourth-order valence-corrected chi connectivity index (χ4v) is 8.71. The molecule has 1 heterocycles. The minimum atomic E-state index is -4.02. The maximum atomic E-state index is 10.3. The Morgan fingerprint density at radius 3 is 1.68 bits per heavy atom. The highest BCUT2D eigenvalue weighted by atomic mass is 16.3. The van der Waals surface area contributed by atoms with Crippen molar-refractivity contribution in [1.82, 2.24) is 0 Å². The minimum Gasteiger partial charge on any atom is -0.455 e. The van der Waals surface area contributed by atoms with E-state index in [1.807, 2.05) is 0 Å². The van der Waals surface area contributed by atoms with Crippen LogP contribution in [0.5, 0.6) is 0 Å². The van der Waals surface area contributed by atoms with Gasteiger partial charge in [-0.2, -0.15) is 0 Å². The van der Waals surface area contributed by atoms with Crippen molar-refractivity contribution < 1.29 is 55.1 Å². The number of rotatable bonds is 4. The number of hydrogen-bond acceptors (Lipinski definition) is 2. The van der Waals surface area contributed by atoms with Crippen LogP contribution in [-0.4, -0.2) is 0 Å². The number of hydrogen-bond donors (Lipinski definition) is 0. The quantitative estimate of drug-likeness (QED) is 0.176. The van der Waals surface area contributed by atoms with Gasteiger partial charge in [-0.05, 0) is 91.4 Å². The largest absolute Gasteiger partial charge is 0.455 e. The number of furan rings is 1. The smallest absolute Gasteiger partial charge is 0.143 e. The molecule has 0 saturated heterocycles. The molecule has 2 heteroatoms. The standard InChI is InChI=1S/C58H39NO/c1-57(2)45-23-8-5-19-43(45)54-49(57)27-14-29-51(54)59(37-34-32-36(33-35-37)38-21-13-22-42-41-18-7-12-31-53(41)60-56(38)42)52-30-15-28-50-55(52)44-20-6-11-26-48(44)58(50)46-24-9-3-16-39(46)40-17-4-10-25-47(40)58/h3-35H,1-2H3/i1D3,2D3,3D,4D,5D,6D,7D,8D,9D,10D,11D,12D,13D,14D,15D,16D,17D,18D,19D,20D,21D,23D,24D,25D,26D,28D,29D,30D,31D,32D,33D,34D,35D. The minimum absolute atomic E-state index is 0.313. The Kier molecular flexibility index (Phi) is 2.73. The monoisotopic (exact) mass is 803 g/mol. The normalized spacial score (nSPS) is 23.6. The van der Waals surface area contributed by atoms with Crippen LogP contribution in [0, 0.1) is 0 Å². The molecule has 2 nitrogen and oxygen atoms in total. The van der Waals surface area contributed by atoms with E-state index >= 15 is 0 Å². The summed E-state index contributed by atoms with van der Waals surface area (Å²) in [4.78, 5) is 0.313. The van der Waals surface area contributed by atoms with Crippen molar-refractivity contribution in [1.29, 1.82) is 0 Å². The van der Waals surface area contributed by atoms with E-state index in [0.717, 1.165) is 6.07 Å². The summed E-state index contributed by atoms with van der Waals surface area (Å²) >= 11 is 0. The molecular formula is C58H39NO. The first-order valence-corrected chi connectivity index (χ1v) is 18.0. The van der Waals surface area contributed by atoms with Gasteiger partial charge in [0.2, 0.25) is 0 Å². The van der Waals surface area contributed by atoms with Gasteiger partial charge in [0.25, 0.3) is 0 Å². The van der Waals surface area contributed by atoms with Crippen LogP contribution in [0.2, 0.25) is 0 Å². The highest BCUT2D eigenvalue weighted by Crippen LogP contribution is 2.65. The second kappa shape index (κ2) is 12.1. The van der Waals surface area contributed by atoms with E-state index in [2.05, 4.69) is 0 Å². The number of anilines is 3. The molecule has 282 valence electrons. The summed E-state index contributed by atoms with van der Waals surface area (Å²) in [7, 11) is 0. The van der Waals surface area contributed by atoms with Gasteiger partial charge in [0.15, 0.2) is 0 Å². The van der Waals surface area contributed by atoms with Crippen LogP contribution in [-0.2, 0) is 10.8 Å². The van der Waals surface area contributed by atoms with Crippen LogP contribution in [0.3, 0.4) is 0 Å². The van der Waals surface area contributed by atoms with Crippen molar-refractivity contribution in [3.05, 3.63) is 233 Å². The van der Waals surface area contributed by atoms with E-state index in [1.54, 1.807) is 0 Å². The predicted molar refractivity (Wildman–Crippen MR) is 248 cm³/mol. The van der Waals surface area contributed by atoms with Crippen LogP contribution in [0.25, 0.3) is 66.4 Å². The van der Waals surface area contributed by atoms with Gasteiger partial charge in [-0.1, -0.05) is 183 Å². The van der Waals surface area contributed by atoms with Gasteiger partial charge in [-0.25, -0.2) is 0 Å². The summed E-state index contributed by atoms with van der Waals surface area (Å²) in [5.74, 6) is 0. The Bertz CT molecular complexity index is 5350. The van der Waals surface area contributed by atoms with E-state index in [-0.39, 0.29) is 10.8 Å². The number of para-hydroxylation sites is 2. The summed E-state index contributed by atoms with van der Waals surface area (Å²) < 4.78 is 353. The van der Waals surface area contributed by atoms with Gasteiger partial charge in [-0.15, -0.1) is 0 Å². The molecule has 10 aromatic rings. The lowest BCUT2D eigenvalue weighted by Crippen LogP contribution is -2.26. The second-order valence-corrected chi connectivity index (χ2v) is 13.9. The van der Waals surface area contributed by atoms with Crippen LogP contribution < -0.4 is 4.90 Å². The summed E-state index contributed by atoms with van der Waals surface area (Å²) in [5, 5.41) is -0.674. The van der Waals surface area contributed by atoms with E-state index in [4.69, 9.17) is 27.7 Å². The topological polar surface area (TPSA) is 16.4 Å². The molecule has 0 N–H and O–H groups in total. The Hall–Kier alpha value is -7.42. The Morgan fingerprint density at radius 2 is 0.967 bits per heavy atom. The Labute approximate surface area is 401 Å². The molecule has 0 atom stereocenters. The van der Waals surface area contributed by atoms with Gasteiger partial charge >= 0.3 is 0 Å². The summed E-state index contributed by atoms with van der Waals surface area (Å²) in [6.45, 7) is -8.04. The molecule has 0 bridgehead atoms. The average Bonchev–Trinajstić information content (AvgIpc) is 1.45. The van der Waals surface area contributed by atoms with Crippen molar-refractivity contribution in [3.8, 4) is 44.5 Å². The molecule has 0 radical (unpaired) electrons. The molecule has 0 amide bonds. The molecule has 60 heavy (non-hydrogen) atoms. The fourth-order valence-electron chi connectivity index (χ4n) is 8.71. The molecule has 9 aromatic carbocycles. The van der Waals surface area contributed by atoms with E-state index in [9.17, 15) is 27.4 Å². The first-order valence-electron chi connectivity index (χ1n) is 36.5. The fraction of sp³-hybridized carbons (Fsp3) is 0.0690. The van der Waals surface area contributed by atoms with E-state index in [0.29, 0.717) is 11.0 Å². The lowest BCUT2D eigenvalue weighted by molar-refractivity contribution is 0.660. The third-order valence-electron chi connectivity index (χ3n) is 11.1. The van der Waals surface area contributed by atoms with E-state index < -0.39 is 318 Å². The highest BCUT2D eigenvalue weighted by molar-refractivity contribution is 6.10. The Balaban J connectivity index is 1.34. The van der Waals surface area contributed by atoms with Crippen molar-refractivity contribution in [2.75, 3.05) is 4.90 Å². The predicted octanol–water partition coefficient (Wildman–Crippen LogP) is 15.4. The van der Waals surface area contributed by atoms with Crippen LogP contribution in [0.4, 0.5) is 17.1 Å². The van der Waals surface area contributed by atoms with Crippen LogP contribution in [0.1, 0.15) is 97.8 Å². The van der Waals surface area contributed by atoms with Crippen LogP contribution >= 0.6 is 0 Å². The molecule has 3 aliphatic rings. The summed E-state index contributed by atoms with van der Waals surface area (Å²) in [6, 6.07) is -33.6. The summed E-state index contributed by atoms with van der Waals surface area (Å²) in [6.07, 6.45) is 0. The molecule has 0 saturated carbocycles. The molecule has 13 rings (SSSR count). The third kappa shape index (κ3) is 4.22. The van der Waals surface area contributed by atoms with Gasteiger partial charge in [0.1, 0.15) is 11.2 Å². The SMILES string of the molecule is [2H]c1cc2c(c(N(c3c([2H])c([2H])c(-c4c([2H])c([2H])cc5c4oc4c([2H])c([2H])c([2H])c([2H])c45)c([2H])c3[2H])c3c([2H])c([2H])c([2H])c4c3-c3c([2H])c([2H])c([2H])c([2H])c3C43c4c([2H])c([2H])c([2H])c([2H])c4-c4c([2H])c([2H])c([2H])c([2H])c43)c1[2H])-c1c([2H])c([2H])c([2H])c([2H])c1C2(C([2H])([2H])[2H])C([2H])([2H])[2H]. The zero-order valence-corrected chi connectivity index (χ0v) is 30.0. The van der Waals surface area contributed by atoms with Gasteiger partial charge in [0.05, 0.1) is 59.3 Å². The molecular weight excluding hydrogens is 727 g/mol. The molecule has 0 fully saturated rings. The summed E-state index contributed by atoms with van der Waals surface area (Å²) in [5.41, 5.74) is -25.3. The molecule has 3 aliphatic carbocycles. The van der Waals surface area contributed by atoms with Gasteiger partial charge < -0.3 is 9.32 Å². The average molecular weight is 803 g/mol. The maximum absolute atomic E-state index is 10.3. The first kappa shape index (κ1) is 13.6. The lowest BCUT2D eigenvalue weighted by Gasteiger charge is -2.32. The number of benzene rings is 9. The first-order chi connectivity index (χ1) is 44.9. The highest BCUT2D eigenvalue weighted by Gasteiger charge is 2.52. The second-order valence-electron chi connectivity index (χ2n) is 13.9. The van der Waals surface area contributed by atoms with Crippen molar-refractivity contribution >= 4 is 39.0 Å².